The average molecular weight is 265 g/mol. The smallest absolute Gasteiger partial charge is 0.123 e. The maximum absolute atomic E-state index is 13.2. The number of rotatable bonds is 5. The molecule has 0 radical (unpaired) electrons. The fourth-order valence-electron chi connectivity index (χ4n) is 2.78. The van der Waals surface area contributed by atoms with Crippen molar-refractivity contribution in [2.45, 2.75) is 57.7 Å². The zero-order chi connectivity index (χ0) is 13.7. The maximum Gasteiger partial charge on any atom is 0.123 e. The Labute approximate surface area is 115 Å². The molecular formula is C16H24FNO. The SMILES string of the molecule is CCCC1CC(NC(C)c2cccc(F)c2)CCO1. The van der Waals surface area contributed by atoms with Gasteiger partial charge in [0.05, 0.1) is 6.10 Å². The van der Waals surface area contributed by atoms with Crippen LogP contribution in [0.5, 0.6) is 0 Å². The minimum atomic E-state index is -0.165. The molecule has 1 fully saturated rings. The van der Waals surface area contributed by atoms with E-state index in [1.807, 2.05) is 6.07 Å². The van der Waals surface area contributed by atoms with Gasteiger partial charge in [0.15, 0.2) is 0 Å². The summed E-state index contributed by atoms with van der Waals surface area (Å²) >= 11 is 0. The van der Waals surface area contributed by atoms with Crippen molar-refractivity contribution in [1.82, 2.24) is 5.32 Å². The number of hydrogen-bond donors (Lipinski definition) is 1. The normalized spacial score (nSPS) is 25.2. The molecule has 0 saturated carbocycles. The molecule has 1 saturated heterocycles. The average Bonchev–Trinajstić information content (AvgIpc) is 2.39. The molecule has 0 spiro atoms. The molecule has 2 nitrogen and oxygen atoms in total. The standard InChI is InChI=1S/C16H24FNO/c1-3-5-16-11-15(8-9-19-16)18-12(2)13-6-4-7-14(17)10-13/h4,6-7,10,12,15-16,18H,3,5,8-9,11H2,1-2H3. The van der Waals surface area contributed by atoms with E-state index in [9.17, 15) is 4.39 Å². The lowest BCUT2D eigenvalue weighted by Crippen LogP contribution is -2.40. The van der Waals surface area contributed by atoms with Crippen molar-refractivity contribution in [3.63, 3.8) is 0 Å². The molecule has 0 aliphatic carbocycles. The van der Waals surface area contributed by atoms with Crippen LogP contribution in [0, 0.1) is 5.82 Å². The maximum atomic E-state index is 13.2. The van der Waals surface area contributed by atoms with Crippen molar-refractivity contribution in [3.05, 3.63) is 35.6 Å². The second-order valence-corrected chi connectivity index (χ2v) is 5.45. The second-order valence-electron chi connectivity index (χ2n) is 5.45. The molecule has 106 valence electrons. The van der Waals surface area contributed by atoms with E-state index >= 15 is 0 Å². The van der Waals surface area contributed by atoms with E-state index in [2.05, 4.69) is 19.2 Å². The van der Waals surface area contributed by atoms with Gasteiger partial charge in [-0.2, -0.15) is 0 Å². The molecule has 1 N–H and O–H groups in total. The van der Waals surface area contributed by atoms with Crippen LogP contribution in [-0.2, 0) is 4.74 Å². The fourth-order valence-corrected chi connectivity index (χ4v) is 2.78. The molecule has 3 heteroatoms. The Morgan fingerprint density at radius 1 is 1.47 bits per heavy atom. The van der Waals surface area contributed by atoms with Gasteiger partial charge in [-0.15, -0.1) is 0 Å². The third-order valence-electron chi connectivity index (χ3n) is 3.81. The van der Waals surface area contributed by atoms with Gasteiger partial charge >= 0.3 is 0 Å². The van der Waals surface area contributed by atoms with Crippen molar-refractivity contribution in [2.24, 2.45) is 0 Å². The van der Waals surface area contributed by atoms with Crippen molar-refractivity contribution >= 4 is 0 Å². The highest BCUT2D eigenvalue weighted by Crippen LogP contribution is 2.21. The zero-order valence-electron chi connectivity index (χ0n) is 11.9. The van der Waals surface area contributed by atoms with Gasteiger partial charge in [0.1, 0.15) is 5.82 Å². The van der Waals surface area contributed by atoms with E-state index in [1.54, 1.807) is 12.1 Å². The summed E-state index contributed by atoms with van der Waals surface area (Å²) in [4.78, 5) is 0. The number of nitrogens with one attached hydrogen (secondary N) is 1. The van der Waals surface area contributed by atoms with Crippen LogP contribution in [0.4, 0.5) is 4.39 Å². The van der Waals surface area contributed by atoms with Crippen LogP contribution < -0.4 is 5.32 Å². The highest BCUT2D eigenvalue weighted by molar-refractivity contribution is 5.19. The quantitative estimate of drug-likeness (QED) is 0.873. The van der Waals surface area contributed by atoms with Crippen molar-refractivity contribution in [2.75, 3.05) is 6.61 Å². The van der Waals surface area contributed by atoms with Gasteiger partial charge in [0.2, 0.25) is 0 Å². The third-order valence-corrected chi connectivity index (χ3v) is 3.81. The molecule has 2 rings (SSSR count). The van der Waals surface area contributed by atoms with Gasteiger partial charge in [-0.25, -0.2) is 4.39 Å². The Hall–Kier alpha value is -0.930. The summed E-state index contributed by atoms with van der Waals surface area (Å²) < 4.78 is 19.0. The van der Waals surface area contributed by atoms with Crippen LogP contribution in [-0.4, -0.2) is 18.8 Å². The molecule has 1 aromatic carbocycles. The lowest BCUT2D eigenvalue weighted by molar-refractivity contribution is -0.00473. The first-order chi connectivity index (χ1) is 9.19. The monoisotopic (exact) mass is 265 g/mol. The molecule has 0 aromatic heterocycles. The second kappa shape index (κ2) is 7.01. The predicted octanol–water partition coefficient (Wildman–Crippen LogP) is 3.82. The Kier molecular flexibility index (Phi) is 5.34. The summed E-state index contributed by atoms with van der Waals surface area (Å²) in [6, 6.07) is 7.50. The van der Waals surface area contributed by atoms with E-state index in [-0.39, 0.29) is 11.9 Å². The molecule has 1 aromatic rings. The minimum absolute atomic E-state index is 0.165. The lowest BCUT2D eigenvalue weighted by Gasteiger charge is -2.32. The minimum Gasteiger partial charge on any atom is -0.378 e. The molecule has 3 atom stereocenters. The number of ether oxygens (including phenoxy) is 1. The van der Waals surface area contributed by atoms with Crippen molar-refractivity contribution in [1.29, 1.82) is 0 Å². The number of hydrogen-bond acceptors (Lipinski definition) is 2. The van der Waals surface area contributed by atoms with Crippen LogP contribution in [0.15, 0.2) is 24.3 Å². The van der Waals surface area contributed by atoms with Crippen LogP contribution in [0.3, 0.4) is 0 Å². The van der Waals surface area contributed by atoms with E-state index < -0.39 is 0 Å². The molecule has 1 aliphatic rings. The lowest BCUT2D eigenvalue weighted by atomic mass is 9.98. The van der Waals surface area contributed by atoms with Gasteiger partial charge in [-0.3, -0.25) is 0 Å². The Morgan fingerprint density at radius 2 is 2.32 bits per heavy atom. The van der Waals surface area contributed by atoms with Gasteiger partial charge < -0.3 is 10.1 Å². The first-order valence-corrected chi connectivity index (χ1v) is 7.32. The van der Waals surface area contributed by atoms with Gasteiger partial charge in [0, 0.05) is 18.7 Å². The Balaban J connectivity index is 1.89. The van der Waals surface area contributed by atoms with Gasteiger partial charge in [-0.1, -0.05) is 25.5 Å². The molecule has 3 unspecified atom stereocenters. The third kappa shape index (κ3) is 4.29. The van der Waals surface area contributed by atoms with Crippen LogP contribution in [0.25, 0.3) is 0 Å². The van der Waals surface area contributed by atoms with E-state index in [0.29, 0.717) is 12.1 Å². The highest BCUT2D eigenvalue weighted by atomic mass is 19.1. The Bertz CT molecular complexity index is 394. The van der Waals surface area contributed by atoms with Crippen molar-refractivity contribution in [3.8, 4) is 0 Å². The summed E-state index contributed by atoms with van der Waals surface area (Å²) in [6.07, 6.45) is 4.78. The summed E-state index contributed by atoms with van der Waals surface area (Å²) in [6.45, 7) is 5.12. The predicted molar refractivity (Wildman–Crippen MR) is 75.6 cm³/mol. The summed E-state index contributed by atoms with van der Waals surface area (Å²) in [7, 11) is 0. The molecule has 1 aliphatic heterocycles. The van der Waals surface area contributed by atoms with Crippen LogP contribution in [0.2, 0.25) is 0 Å². The summed E-state index contributed by atoms with van der Waals surface area (Å²) in [5.74, 6) is -0.165. The topological polar surface area (TPSA) is 21.3 Å². The van der Waals surface area contributed by atoms with Gasteiger partial charge in [0.25, 0.3) is 0 Å². The summed E-state index contributed by atoms with van der Waals surface area (Å²) in [5, 5.41) is 3.60. The first-order valence-electron chi connectivity index (χ1n) is 7.32. The fraction of sp³-hybridized carbons (Fsp3) is 0.625. The molecule has 0 amide bonds. The van der Waals surface area contributed by atoms with Crippen LogP contribution >= 0.6 is 0 Å². The molecule has 0 bridgehead atoms. The number of benzene rings is 1. The molecule has 19 heavy (non-hydrogen) atoms. The molecule has 1 heterocycles. The number of halogens is 1. The highest BCUT2D eigenvalue weighted by Gasteiger charge is 2.23. The summed E-state index contributed by atoms with van der Waals surface area (Å²) in [5.41, 5.74) is 1.01. The van der Waals surface area contributed by atoms with E-state index in [1.165, 1.54) is 6.07 Å². The van der Waals surface area contributed by atoms with E-state index in [0.717, 1.165) is 37.9 Å². The van der Waals surface area contributed by atoms with E-state index in [4.69, 9.17) is 4.74 Å². The van der Waals surface area contributed by atoms with Gasteiger partial charge in [-0.05, 0) is 43.9 Å². The van der Waals surface area contributed by atoms with Crippen molar-refractivity contribution < 1.29 is 9.13 Å². The van der Waals surface area contributed by atoms with Crippen LogP contribution in [0.1, 0.15) is 51.1 Å². The Morgan fingerprint density at radius 3 is 3.05 bits per heavy atom. The zero-order valence-corrected chi connectivity index (χ0v) is 11.9. The molecular weight excluding hydrogens is 241 g/mol. The first kappa shape index (κ1) is 14.5. The largest absolute Gasteiger partial charge is 0.378 e.